The molecule has 1 amide bonds. The summed E-state index contributed by atoms with van der Waals surface area (Å²) in [5.74, 6) is 2.63. The first-order chi connectivity index (χ1) is 20.3. The van der Waals surface area contributed by atoms with Crippen molar-refractivity contribution in [1.29, 1.82) is 0 Å². The summed E-state index contributed by atoms with van der Waals surface area (Å²) in [5.41, 5.74) is 4.90. The Kier molecular flexibility index (Phi) is 7.61. The second kappa shape index (κ2) is 11.5. The van der Waals surface area contributed by atoms with Gasteiger partial charge in [-0.3, -0.25) is 4.79 Å². The molecule has 12 heteroatoms. The molecule has 0 aliphatic heterocycles. The molecule has 214 valence electrons. The summed E-state index contributed by atoms with van der Waals surface area (Å²) in [6.07, 6.45) is 0.580. The van der Waals surface area contributed by atoms with Crippen LogP contribution >= 0.6 is 23.4 Å². The van der Waals surface area contributed by atoms with Crippen LogP contribution in [0.4, 0.5) is 5.69 Å². The third-order valence-electron chi connectivity index (χ3n) is 7.00. The number of aromatic nitrogens is 6. The number of hydrogen-bond donors (Lipinski definition) is 1. The van der Waals surface area contributed by atoms with Gasteiger partial charge in [0, 0.05) is 35.1 Å². The summed E-state index contributed by atoms with van der Waals surface area (Å²) in [4.78, 5) is 27.3. The highest BCUT2D eigenvalue weighted by Crippen LogP contribution is 2.34. The third-order valence-corrected chi connectivity index (χ3v) is 8.17. The van der Waals surface area contributed by atoms with Crippen molar-refractivity contribution in [3.63, 3.8) is 0 Å². The van der Waals surface area contributed by atoms with Crippen molar-refractivity contribution in [2.75, 3.05) is 25.3 Å². The van der Waals surface area contributed by atoms with Gasteiger partial charge in [0.2, 0.25) is 5.91 Å². The molecule has 1 N–H and O–H groups in total. The molecular weight excluding hydrogens is 574 g/mol. The Morgan fingerprint density at radius 1 is 0.976 bits per heavy atom. The van der Waals surface area contributed by atoms with Gasteiger partial charge in [-0.15, -0.1) is 5.10 Å². The molecule has 6 aromatic rings. The summed E-state index contributed by atoms with van der Waals surface area (Å²) < 4.78 is 14.9. The summed E-state index contributed by atoms with van der Waals surface area (Å²) >= 11 is 7.41. The predicted octanol–water partition coefficient (Wildman–Crippen LogP) is 5.89. The van der Waals surface area contributed by atoms with Gasteiger partial charge in [-0.05, 0) is 49.7 Å². The number of nitrogens with zero attached hydrogens (tertiary/aromatic N) is 6. The normalized spacial score (nSPS) is 11.5. The van der Waals surface area contributed by atoms with Crippen LogP contribution in [0.15, 0.2) is 59.8 Å². The molecule has 3 aromatic heterocycles. The summed E-state index contributed by atoms with van der Waals surface area (Å²) in [5, 5.41) is 9.61. The number of benzene rings is 3. The van der Waals surface area contributed by atoms with E-state index in [1.54, 1.807) is 30.9 Å². The monoisotopic (exact) mass is 601 g/mol. The van der Waals surface area contributed by atoms with Crippen LogP contribution in [0.25, 0.3) is 27.6 Å². The van der Waals surface area contributed by atoms with E-state index in [0.29, 0.717) is 57.3 Å². The van der Waals surface area contributed by atoms with Gasteiger partial charge < -0.3 is 19.4 Å². The van der Waals surface area contributed by atoms with Crippen molar-refractivity contribution >= 4 is 62.5 Å². The van der Waals surface area contributed by atoms with Gasteiger partial charge in [-0.25, -0.2) is 15.0 Å². The van der Waals surface area contributed by atoms with Crippen molar-refractivity contribution in [3.8, 4) is 11.5 Å². The zero-order valence-electron chi connectivity index (χ0n) is 23.5. The smallest absolute Gasteiger partial charge is 0.234 e. The molecule has 10 nitrogen and oxygen atoms in total. The number of halogens is 1. The van der Waals surface area contributed by atoms with Crippen molar-refractivity contribution in [2.24, 2.45) is 0 Å². The molecule has 0 aliphatic rings. The average molecular weight is 602 g/mol. The number of amides is 1. The Labute approximate surface area is 251 Å². The Morgan fingerprint density at radius 3 is 2.57 bits per heavy atom. The highest BCUT2D eigenvalue weighted by atomic mass is 35.5. The fourth-order valence-corrected chi connectivity index (χ4v) is 5.80. The minimum Gasteiger partial charge on any atom is -0.493 e. The number of nitrogens with one attached hydrogen (secondary N) is 1. The topological polar surface area (TPSA) is 108 Å². The van der Waals surface area contributed by atoms with Gasteiger partial charge >= 0.3 is 0 Å². The summed E-state index contributed by atoms with van der Waals surface area (Å²) in [6, 6.07) is 17.1. The number of fused-ring (bicyclic) bond motifs is 4. The van der Waals surface area contributed by atoms with Crippen LogP contribution in [-0.4, -0.2) is 55.0 Å². The van der Waals surface area contributed by atoms with Crippen LogP contribution in [0.1, 0.15) is 17.2 Å². The molecule has 0 bridgehead atoms. The number of anilines is 1. The van der Waals surface area contributed by atoms with Gasteiger partial charge in [0.15, 0.2) is 28.1 Å². The lowest BCUT2D eigenvalue weighted by atomic mass is 10.2. The Balaban J connectivity index is 1.34. The van der Waals surface area contributed by atoms with E-state index >= 15 is 0 Å². The van der Waals surface area contributed by atoms with E-state index < -0.39 is 0 Å². The van der Waals surface area contributed by atoms with Crippen LogP contribution in [0.3, 0.4) is 0 Å². The number of hydrogen-bond acceptors (Lipinski definition) is 8. The molecule has 0 radical (unpaired) electrons. The van der Waals surface area contributed by atoms with Crippen LogP contribution in [0, 0.1) is 13.8 Å². The van der Waals surface area contributed by atoms with Crippen molar-refractivity contribution < 1.29 is 14.3 Å². The van der Waals surface area contributed by atoms with E-state index in [0.717, 1.165) is 27.8 Å². The molecule has 0 spiro atoms. The SMILES string of the molecule is COc1cc2nc(SCC(=O)Nc3cc(Cl)ccc3C)n3nc(CCn4c(C)nc5ccccc54)nc3c2cc1OC. The number of rotatable bonds is 9. The molecule has 0 saturated carbocycles. The van der Waals surface area contributed by atoms with Crippen LogP contribution < -0.4 is 14.8 Å². The predicted molar refractivity (Wildman–Crippen MR) is 165 cm³/mol. The zero-order valence-corrected chi connectivity index (χ0v) is 25.1. The number of para-hydroxylation sites is 2. The third kappa shape index (κ3) is 5.33. The highest BCUT2D eigenvalue weighted by Gasteiger charge is 2.19. The number of thioether (sulfide) groups is 1. The van der Waals surface area contributed by atoms with Crippen LogP contribution in [0.5, 0.6) is 11.5 Å². The van der Waals surface area contributed by atoms with Gasteiger partial charge in [0.1, 0.15) is 5.82 Å². The van der Waals surface area contributed by atoms with E-state index in [4.69, 9.17) is 36.1 Å². The molecule has 0 saturated heterocycles. The van der Waals surface area contributed by atoms with E-state index in [1.807, 2.05) is 50.2 Å². The first-order valence-electron chi connectivity index (χ1n) is 13.3. The molecule has 3 aromatic carbocycles. The van der Waals surface area contributed by atoms with E-state index in [2.05, 4.69) is 20.9 Å². The van der Waals surface area contributed by atoms with Gasteiger partial charge in [0.05, 0.1) is 36.5 Å². The van der Waals surface area contributed by atoms with Gasteiger partial charge in [-0.2, -0.15) is 4.52 Å². The van der Waals surface area contributed by atoms with Crippen molar-refractivity contribution in [2.45, 2.75) is 32.0 Å². The molecule has 0 fully saturated rings. The fourth-order valence-electron chi connectivity index (χ4n) is 4.89. The van der Waals surface area contributed by atoms with Gasteiger partial charge in [0.25, 0.3) is 0 Å². The van der Waals surface area contributed by atoms with Crippen LogP contribution in [-0.2, 0) is 17.8 Å². The number of aryl methyl sites for hydroxylation is 4. The number of carbonyl (C=O) groups is 1. The Hall–Kier alpha value is -4.35. The molecule has 0 atom stereocenters. The zero-order chi connectivity index (χ0) is 29.4. The number of ether oxygens (including phenoxy) is 2. The van der Waals surface area contributed by atoms with E-state index in [1.165, 1.54) is 11.8 Å². The quantitative estimate of drug-likeness (QED) is 0.161. The van der Waals surface area contributed by atoms with Crippen molar-refractivity contribution in [3.05, 3.63) is 76.8 Å². The summed E-state index contributed by atoms with van der Waals surface area (Å²) in [6.45, 7) is 4.58. The molecule has 3 heterocycles. The molecule has 0 aliphatic carbocycles. The van der Waals surface area contributed by atoms with Crippen LogP contribution in [0.2, 0.25) is 5.02 Å². The average Bonchev–Trinajstić information content (AvgIpc) is 3.56. The standard InChI is InChI=1S/C30H28ClN7O3S/c1-17-9-10-19(31)13-22(17)33-28(39)16-42-30-34-23-15-26(41-4)25(40-3)14-20(23)29-35-27(36-38(29)30)11-12-37-18(2)32-21-7-5-6-8-24(21)37/h5-10,13-15H,11-12,16H2,1-4H3,(H,33,39). The lowest BCUT2D eigenvalue weighted by Crippen LogP contribution is -2.15. The first kappa shape index (κ1) is 27.8. The van der Waals surface area contributed by atoms with E-state index in [-0.39, 0.29) is 11.7 Å². The Morgan fingerprint density at radius 2 is 1.76 bits per heavy atom. The molecule has 42 heavy (non-hydrogen) atoms. The van der Waals surface area contributed by atoms with Gasteiger partial charge in [-0.1, -0.05) is 41.6 Å². The second-order valence-electron chi connectivity index (χ2n) is 9.73. The van der Waals surface area contributed by atoms with E-state index in [9.17, 15) is 4.79 Å². The maximum absolute atomic E-state index is 12.9. The fraction of sp³-hybridized carbons (Fsp3) is 0.233. The number of imidazole rings is 1. The lowest BCUT2D eigenvalue weighted by Gasteiger charge is -2.11. The number of methoxy groups -OCH3 is 2. The maximum atomic E-state index is 12.9. The molecule has 0 unspecified atom stereocenters. The van der Waals surface area contributed by atoms with Crippen molar-refractivity contribution in [1.82, 2.24) is 29.1 Å². The minimum absolute atomic E-state index is 0.113. The molecular formula is C30H28ClN7O3S. The highest BCUT2D eigenvalue weighted by molar-refractivity contribution is 7.99. The maximum Gasteiger partial charge on any atom is 0.234 e. The first-order valence-corrected chi connectivity index (χ1v) is 14.6. The largest absolute Gasteiger partial charge is 0.493 e. The number of carbonyl (C=O) groups excluding carboxylic acids is 1. The lowest BCUT2D eigenvalue weighted by molar-refractivity contribution is -0.113. The second-order valence-corrected chi connectivity index (χ2v) is 11.1. The summed E-state index contributed by atoms with van der Waals surface area (Å²) in [7, 11) is 3.17. The molecule has 6 rings (SSSR count). The Bertz CT molecular complexity index is 1970. The minimum atomic E-state index is -0.185.